The number of rotatable bonds is 1. The van der Waals surface area contributed by atoms with Gasteiger partial charge < -0.3 is 0 Å². The molecule has 2 heterocycles. The number of thioether (sulfide) groups is 1. The van der Waals surface area contributed by atoms with Gasteiger partial charge in [0.15, 0.2) is 0 Å². The fraction of sp³-hybridized carbons (Fsp3) is 0.417. The standard InChI is InChI=1S/C12H11F3N4S/c1-11(2,3)10-7(5-16)19-6-17-9(4-8(19)18-10)20-12(13,14)15/h4,6H,1-3H3. The molecule has 4 nitrogen and oxygen atoms in total. The predicted octanol–water partition coefficient (Wildman–Crippen LogP) is 3.51. The van der Waals surface area contributed by atoms with Crippen LogP contribution in [-0.4, -0.2) is 19.9 Å². The highest BCUT2D eigenvalue weighted by atomic mass is 32.2. The molecule has 0 saturated carbocycles. The minimum absolute atomic E-state index is 0.194. The zero-order valence-electron chi connectivity index (χ0n) is 11.0. The van der Waals surface area contributed by atoms with Crippen molar-refractivity contribution in [3.8, 4) is 6.07 Å². The van der Waals surface area contributed by atoms with Gasteiger partial charge in [-0.05, 0) is 0 Å². The van der Waals surface area contributed by atoms with Crippen LogP contribution in [0.25, 0.3) is 5.65 Å². The summed E-state index contributed by atoms with van der Waals surface area (Å²) in [5.41, 5.74) is -3.66. The van der Waals surface area contributed by atoms with Crippen molar-refractivity contribution in [1.29, 1.82) is 5.26 Å². The lowest BCUT2D eigenvalue weighted by Crippen LogP contribution is -2.13. The monoisotopic (exact) mass is 300 g/mol. The molecule has 0 aliphatic carbocycles. The third-order valence-electron chi connectivity index (χ3n) is 2.53. The SMILES string of the molecule is CC(C)(C)c1nc2cc(SC(F)(F)F)ncn2c1C#N. The van der Waals surface area contributed by atoms with E-state index in [0.717, 1.165) is 0 Å². The predicted molar refractivity (Wildman–Crippen MR) is 68.3 cm³/mol. The summed E-state index contributed by atoms with van der Waals surface area (Å²) in [7, 11) is 0. The van der Waals surface area contributed by atoms with Crippen molar-refractivity contribution in [2.75, 3.05) is 0 Å². The number of nitrogens with zero attached hydrogens (tertiary/aromatic N) is 4. The summed E-state index contributed by atoms with van der Waals surface area (Å²) in [6.45, 7) is 5.65. The average Bonchev–Trinajstić information content (AvgIpc) is 2.64. The summed E-state index contributed by atoms with van der Waals surface area (Å²) < 4.78 is 38.4. The summed E-state index contributed by atoms with van der Waals surface area (Å²) >= 11 is -0.302. The third kappa shape index (κ3) is 2.88. The molecule has 0 spiro atoms. The van der Waals surface area contributed by atoms with Gasteiger partial charge in [0.25, 0.3) is 0 Å². The molecule has 0 radical (unpaired) electrons. The molecule has 0 N–H and O–H groups in total. The molecular weight excluding hydrogens is 289 g/mol. The molecule has 0 fully saturated rings. The lowest BCUT2D eigenvalue weighted by molar-refractivity contribution is -0.0329. The van der Waals surface area contributed by atoms with Crippen LogP contribution in [0.2, 0.25) is 0 Å². The summed E-state index contributed by atoms with van der Waals surface area (Å²) in [5, 5.41) is 9.01. The molecule has 2 rings (SSSR count). The van der Waals surface area contributed by atoms with Crippen molar-refractivity contribution < 1.29 is 13.2 Å². The highest BCUT2D eigenvalue weighted by Gasteiger charge is 2.31. The zero-order valence-corrected chi connectivity index (χ0v) is 11.8. The van der Waals surface area contributed by atoms with Gasteiger partial charge in [-0.25, -0.2) is 9.97 Å². The van der Waals surface area contributed by atoms with Gasteiger partial charge in [-0.3, -0.25) is 4.40 Å². The highest BCUT2D eigenvalue weighted by Crippen LogP contribution is 2.36. The largest absolute Gasteiger partial charge is 0.447 e. The number of hydrogen-bond acceptors (Lipinski definition) is 4. The van der Waals surface area contributed by atoms with Crippen LogP contribution in [0, 0.1) is 11.3 Å². The smallest absolute Gasteiger partial charge is 0.274 e. The second kappa shape index (κ2) is 4.66. The van der Waals surface area contributed by atoms with Crippen molar-refractivity contribution in [3.63, 3.8) is 0 Å². The Morgan fingerprint density at radius 2 is 1.95 bits per heavy atom. The van der Waals surface area contributed by atoms with Crippen molar-refractivity contribution in [2.24, 2.45) is 0 Å². The van der Waals surface area contributed by atoms with E-state index in [1.54, 1.807) is 0 Å². The molecule has 0 unspecified atom stereocenters. The molecule has 0 bridgehead atoms. The fourth-order valence-electron chi connectivity index (χ4n) is 1.74. The van der Waals surface area contributed by atoms with E-state index in [-0.39, 0.29) is 27.9 Å². The van der Waals surface area contributed by atoms with Gasteiger partial charge in [0.2, 0.25) is 0 Å². The number of aromatic nitrogens is 3. The van der Waals surface area contributed by atoms with Gasteiger partial charge in [-0.1, -0.05) is 20.8 Å². The molecular formula is C12H11F3N4S. The Morgan fingerprint density at radius 1 is 1.30 bits per heavy atom. The highest BCUT2D eigenvalue weighted by molar-refractivity contribution is 8.00. The Morgan fingerprint density at radius 3 is 2.45 bits per heavy atom. The maximum atomic E-state index is 12.3. The molecule has 20 heavy (non-hydrogen) atoms. The van der Waals surface area contributed by atoms with E-state index in [1.807, 2.05) is 26.8 Å². The van der Waals surface area contributed by atoms with Gasteiger partial charge in [-0.2, -0.15) is 18.4 Å². The van der Waals surface area contributed by atoms with Gasteiger partial charge in [0.05, 0.1) is 5.69 Å². The van der Waals surface area contributed by atoms with E-state index < -0.39 is 5.51 Å². The van der Waals surface area contributed by atoms with Crippen LogP contribution in [0.5, 0.6) is 0 Å². The first-order valence-electron chi connectivity index (χ1n) is 5.66. The number of hydrogen-bond donors (Lipinski definition) is 0. The second-order valence-corrected chi connectivity index (χ2v) is 6.26. The first-order valence-corrected chi connectivity index (χ1v) is 6.48. The Bertz CT molecular complexity index is 692. The molecule has 2 aromatic rings. The lowest BCUT2D eigenvalue weighted by atomic mass is 9.91. The van der Waals surface area contributed by atoms with Crippen LogP contribution in [0.1, 0.15) is 32.2 Å². The normalized spacial score (nSPS) is 12.7. The lowest BCUT2D eigenvalue weighted by Gasteiger charge is -2.14. The topological polar surface area (TPSA) is 54.0 Å². The van der Waals surface area contributed by atoms with Gasteiger partial charge in [0, 0.05) is 23.2 Å². The third-order valence-corrected chi connectivity index (χ3v) is 3.19. The first kappa shape index (κ1) is 14.7. The average molecular weight is 300 g/mol. The first-order chi connectivity index (χ1) is 9.12. The van der Waals surface area contributed by atoms with Gasteiger partial charge in [0.1, 0.15) is 28.8 Å². The van der Waals surface area contributed by atoms with E-state index in [9.17, 15) is 18.4 Å². The Kier molecular flexibility index (Phi) is 3.42. The van der Waals surface area contributed by atoms with E-state index in [1.165, 1.54) is 16.8 Å². The second-order valence-electron chi connectivity index (χ2n) is 5.17. The van der Waals surface area contributed by atoms with E-state index in [0.29, 0.717) is 11.4 Å². The number of alkyl halides is 3. The molecule has 0 atom stereocenters. The molecule has 0 aromatic carbocycles. The van der Waals surface area contributed by atoms with Crippen molar-refractivity contribution in [1.82, 2.24) is 14.4 Å². The summed E-state index contributed by atoms with van der Waals surface area (Å²) in [6, 6.07) is 3.25. The Hall–Kier alpha value is -1.75. The molecule has 0 aliphatic rings. The van der Waals surface area contributed by atoms with E-state index in [2.05, 4.69) is 9.97 Å². The molecule has 2 aromatic heterocycles. The molecule has 8 heteroatoms. The van der Waals surface area contributed by atoms with Crippen LogP contribution < -0.4 is 0 Å². The van der Waals surface area contributed by atoms with Crippen LogP contribution in [-0.2, 0) is 5.41 Å². The molecule has 0 aliphatic heterocycles. The van der Waals surface area contributed by atoms with Crippen LogP contribution in [0.15, 0.2) is 17.4 Å². The maximum Gasteiger partial charge on any atom is 0.447 e. The number of imidazole rings is 1. The Balaban J connectivity index is 2.58. The summed E-state index contributed by atoms with van der Waals surface area (Å²) in [6.07, 6.45) is 1.20. The van der Waals surface area contributed by atoms with Gasteiger partial charge in [-0.15, -0.1) is 0 Å². The zero-order chi connectivity index (χ0) is 15.1. The van der Waals surface area contributed by atoms with Crippen LogP contribution in [0.4, 0.5) is 13.2 Å². The minimum Gasteiger partial charge on any atom is -0.274 e. The van der Waals surface area contributed by atoms with Gasteiger partial charge >= 0.3 is 5.51 Å². The van der Waals surface area contributed by atoms with Crippen molar-refractivity contribution in [3.05, 3.63) is 23.8 Å². The van der Waals surface area contributed by atoms with Crippen molar-refractivity contribution >= 4 is 17.4 Å². The Labute approximate surface area is 117 Å². The quantitative estimate of drug-likeness (QED) is 0.597. The summed E-state index contributed by atoms with van der Waals surface area (Å²) in [4.78, 5) is 7.98. The maximum absolute atomic E-state index is 12.3. The molecule has 0 saturated heterocycles. The number of nitriles is 1. The molecule has 0 amide bonds. The summed E-state index contributed by atoms with van der Waals surface area (Å²) in [5.74, 6) is 0. The van der Waals surface area contributed by atoms with E-state index >= 15 is 0 Å². The van der Waals surface area contributed by atoms with Crippen LogP contribution in [0.3, 0.4) is 0 Å². The van der Waals surface area contributed by atoms with Crippen molar-refractivity contribution in [2.45, 2.75) is 36.7 Å². The van der Waals surface area contributed by atoms with E-state index in [4.69, 9.17) is 0 Å². The fourth-order valence-corrected chi connectivity index (χ4v) is 2.24. The van der Waals surface area contributed by atoms with Crippen LogP contribution >= 0.6 is 11.8 Å². The minimum atomic E-state index is -4.40. The number of fused-ring (bicyclic) bond motifs is 1. The molecule has 106 valence electrons. The number of halogens is 3.